The van der Waals surface area contributed by atoms with Crippen molar-refractivity contribution in [3.8, 4) is 5.75 Å². The van der Waals surface area contributed by atoms with Crippen LogP contribution in [0.4, 0.5) is 39.5 Å². The lowest BCUT2D eigenvalue weighted by Crippen LogP contribution is -2.20. The zero-order valence-corrected chi connectivity index (χ0v) is 16.8. The Hall–Kier alpha value is -3.76. The van der Waals surface area contributed by atoms with Gasteiger partial charge in [0.15, 0.2) is 0 Å². The minimum absolute atomic E-state index is 0.125. The second-order valence-corrected chi connectivity index (χ2v) is 7.33. The summed E-state index contributed by atoms with van der Waals surface area (Å²) >= 11 is 0. The summed E-state index contributed by atoms with van der Waals surface area (Å²) in [6, 6.07) is 7.69. The van der Waals surface area contributed by atoms with Crippen molar-refractivity contribution in [2.75, 3.05) is 23.0 Å². The Bertz CT molecular complexity index is 1190. The van der Waals surface area contributed by atoms with Crippen LogP contribution in [-0.4, -0.2) is 25.5 Å². The number of hydrogen-bond acceptors (Lipinski definition) is 4. The molecule has 0 saturated carbocycles. The van der Waals surface area contributed by atoms with Gasteiger partial charge in [-0.1, -0.05) is 12.1 Å². The molecule has 164 valence electrons. The molecule has 2 amide bonds. The average molecular weight is 444 g/mol. The van der Waals surface area contributed by atoms with Crippen molar-refractivity contribution in [3.63, 3.8) is 0 Å². The molecule has 0 fully saturated rings. The number of benzene rings is 2. The summed E-state index contributed by atoms with van der Waals surface area (Å²) in [4.78, 5) is 16.3. The molecule has 0 spiro atoms. The van der Waals surface area contributed by atoms with Crippen LogP contribution in [0.1, 0.15) is 22.6 Å². The number of nitrogens with zero attached hydrogens (tertiary/aromatic N) is 1. The van der Waals surface area contributed by atoms with Gasteiger partial charge in [0.2, 0.25) is 0 Å². The zero-order valence-electron chi connectivity index (χ0n) is 16.8. The molecule has 0 bridgehead atoms. The van der Waals surface area contributed by atoms with Crippen LogP contribution in [0.15, 0.2) is 48.7 Å². The van der Waals surface area contributed by atoms with Gasteiger partial charge >= 0.3 is 12.2 Å². The third-order valence-electron chi connectivity index (χ3n) is 5.13. The quantitative estimate of drug-likeness (QED) is 0.428. The van der Waals surface area contributed by atoms with Crippen molar-refractivity contribution in [1.82, 2.24) is 4.98 Å². The average Bonchev–Trinajstić information content (AvgIpc) is 3.19. The summed E-state index contributed by atoms with van der Waals surface area (Å²) in [7, 11) is 1.88. The lowest BCUT2D eigenvalue weighted by atomic mass is 9.89. The first-order valence-corrected chi connectivity index (χ1v) is 9.56. The van der Waals surface area contributed by atoms with Crippen LogP contribution in [-0.2, 0) is 6.18 Å². The van der Waals surface area contributed by atoms with Crippen LogP contribution in [0.2, 0.25) is 0 Å². The number of aromatic nitrogens is 1. The van der Waals surface area contributed by atoms with Crippen LogP contribution in [0.25, 0.3) is 0 Å². The molecular weight excluding hydrogens is 427 g/mol. The number of nitrogen functional groups attached to an aromatic ring is 1. The van der Waals surface area contributed by atoms with Crippen molar-refractivity contribution < 1.29 is 27.1 Å². The second kappa shape index (κ2) is 8.06. The molecule has 0 saturated heterocycles. The maximum absolute atomic E-state index is 13.8. The number of hydrogen-bond donors (Lipinski definition) is 3. The molecule has 6 nitrogen and oxygen atoms in total. The van der Waals surface area contributed by atoms with Crippen LogP contribution in [0.3, 0.4) is 0 Å². The topological polar surface area (TPSA) is 89.3 Å². The first-order chi connectivity index (χ1) is 15.1. The van der Waals surface area contributed by atoms with E-state index in [0.29, 0.717) is 42.1 Å². The van der Waals surface area contributed by atoms with E-state index in [1.54, 1.807) is 30.5 Å². The zero-order chi connectivity index (χ0) is 23.0. The summed E-state index contributed by atoms with van der Waals surface area (Å²) in [5.41, 5.74) is 7.33. The molecule has 11 heteroatoms. The molecule has 2 aromatic carbocycles. The van der Waals surface area contributed by atoms with Crippen molar-refractivity contribution in [2.45, 2.75) is 12.1 Å². The summed E-state index contributed by atoms with van der Waals surface area (Å²) in [6.45, 7) is 0.397. The summed E-state index contributed by atoms with van der Waals surface area (Å²) in [5, 5.41) is 4.56. The number of pyridine rings is 1. The van der Waals surface area contributed by atoms with E-state index in [1.165, 1.54) is 0 Å². The van der Waals surface area contributed by atoms with Gasteiger partial charge in [0.05, 0.1) is 23.8 Å². The van der Waals surface area contributed by atoms with Gasteiger partial charge in [0.1, 0.15) is 25.2 Å². The fourth-order valence-corrected chi connectivity index (χ4v) is 3.55. The maximum atomic E-state index is 13.8. The number of rotatable bonds is 3. The highest BCUT2D eigenvalue weighted by molar-refractivity contribution is 6.34. The molecule has 1 unspecified atom stereocenters. The van der Waals surface area contributed by atoms with Gasteiger partial charge in [-0.3, -0.25) is 0 Å². The SMILES string of the molecule is Bc1cnc(N)c2c1OCC2c1ccc(NC(=O)Nc2cc(C(F)(F)F)ccc2F)cc1. The Kier molecular flexibility index (Phi) is 5.41. The minimum Gasteiger partial charge on any atom is -0.493 e. The van der Waals surface area contributed by atoms with Gasteiger partial charge in [-0.2, -0.15) is 13.2 Å². The summed E-state index contributed by atoms with van der Waals surface area (Å²) < 4.78 is 58.0. The van der Waals surface area contributed by atoms with Crippen LogP contribution < -0.4 is 26.6 Å². The van der Waals surface area contributed by atoms with Crippen molar-refractivity contribution in [1.29, 1.82) is 0 Å². The predicted molar refractivity (Wildman–Crippen MR) is 115 cm³/mol. The van der Waals surface area contributed by atoms with E-state index in [-0.39, 0.29) is 5.92 Å². The molecule has 32 heavy (non-hydrogen) atoms. The van der Waals surface area contributed by atoms with Gasteiger partial charge in [-0.05, 0) is 41.4 Å². The van der Waals surface area contributed by atoms with Crippen LogP contribution in [0, 0.1) is 5.82 Å². The number of nitrogens with two attached hydrogens (primary N) is 1. The number of ether oxygens (including phenoxy) is 1. The van der Waals surface area contributed by atoms with E-state index >= 15 is 0 Å². The molecule has 3 aromatic rings. The molecule has 1 atom stereocenters. The van der Waals surface area contributed by atoms with E-state index < -0.39 is 29.3 Å². The third kappa shape index (κ3) is 4.18. The first-order valence-electron chi connectivity index (χ1n) is 9.56. The smallest absolute Gasteiger partial charge is 0.416 e. The molecule has 2 heterocycles. The fourth-order valence-electron chi connectivity index (χ4n) is 3.55. The van der Waals surface area contributed by atoms with Crippen molar-refractivity contribution in [2.24, 2.45) is 0 Å². The summed E-state index contributed by atoms with van der Waals surface area (Å²) in [6.07, 6.45) is -3.01. The monoisotopic (exact) mass is 444 g/mol. The number of alkyl halides is 3. The molecule has 1 aliphatic heterocycles. The standard InChI is InChI=1S/C21H17BF4N4O2/c22-14-8-28-19(27)17-13(9-32-18(14)17)10-1-4-12(5-2-10)29-20(31)30-16-7-11(21(24,25)26)3-6-15(16)23/h1-8,13H,9,22H2,(H2,27,28)(H2,29,30,31). The number of nitrogens with one attached hydrogen (secondary N) is 2. The number of fused-ring (bicyclic) bond motifs is 1. The Morgan fingerprint density at radius 2 is 1.88 bits per heavy atom. The predicted octanol–water partition coefficient (Wildman–Crippen LogP) is 3.25. The number of anilines is 3. The lowest BCUT2D eigenvalue weighted by Gasteiger charge is -2.13. The van der Waals surface area contributed by atoms with Gasteiger partial charge in [-0.25, -0.2) is 14.2 Å². The van der Waals surface area contributed by atoms with Gasteiger partial charge < -0.3 is 21.1 Å². The highest BCUT2D eigenvalue weighted by Gasteiger charge is 2.32. The van der Waals surface area contributed by atoms with E-state index in [4.69, 9.17) is 10.5 Å². The second-order valence-electron chi connectivity index (χ2n) is 7.33. The summed E-state index contributed by atoms with van der Waals surface area (Å²) in [5.74, 6) is -0.00523. The van der Waals surface area contributed by atoms with Gasteiger partial charge in [-0.15, -0.1) is 0 Å². The minimum atomic E-state index is -4.66. The number of urea groups is 1. The van der Waals surface area contributed by atoms with E-state index in [0.717, 1.165) is 16.6 Å². The van der Waals surface area contributed by atoms with Gasteiger partial charge in [0, 0.05) is 17.4 Å². The molecule has 1 aromatic heterocycles. The Balaban J connectivity index is 1.47. The van der Waals surface area contributed by atoms with Crippen LogP contribution >= 0.6 is 0 Å². The van der Waals surface area contributed by atoms with E-state index in [9.17, 15) is 22.4 Å². The lowest BCUT2D eigenvalue weighted by molar-refractivity contribution is -0.137. The van der Waals surface area contributed by atoms with Gasteiger partial charge in [0.25, 0.3) is 0 Å². The molecule has 4 N–H and O–H groups in total. The largest absolute Gasteiger partial charge is 0.493 e. The normalized spacial score (nSPS) is 15.1. The number of amides is 2. The van der Waals surface area contributed by atoms with E-state index in [2.05, 4.69) is 15.6 Å². The molecule has 4 rings (SSSR count). The highest BCUT2D eigenvalue weighted by atomic mass is 19.4. The fraction of sp³-hybridized carbons (Fsp3) is 0.143. The molecule has 0 radical (unpaired) electrons. The van der Waals surface area contributed by atoms with Crippen LogP contribution in [0.5, 0.6) is 5.75 Å². The number of halogens is 4. The Morgan fingerprint density at radius 1 is 1.16 bits per heavy atom. The number of carbonyl (C=O) groups excluding carboxylic acids is 1. The molecule has 1 aliphatic rings. The number of carbonyl (C=O) groups is 1. The Morgan fingerprint density at radius 3 is 2.56 bits per heavy atom. The Labute approximate surface area is 181 Å². The van der Waals surface area contributed by atoms with E-state index in [1.807, 2.05) is 7.85 Å². The van der Waals surface area contributed by atoms with Crippen molar-refractivity contribution >= 4 is 36.5 Å². The first kappa shape index (κ1) is 21.5. The molecule has 0 aliphatic carbocycles. The maximum Gasteiger partial charge on any atom is 0.416 e. The molecular formula is C21H17BF4N4O2. The van der Waals surface area contributed by atoms with Crippen molar-refractivity contribution in [3.05, 3.63) is 71.2 Å². The highest BCUT2D eigenvalue weighted by Crippen LogP contribution is 2.39. The third-order valence-corrected chi connectivity index (χ3v) is 5.13.